The molecule has 4 unspecified atom stereocenters. The Labute approximate surface area is 129 Å². The van der Waals surface area contributed by atoms with Crippen LogP contribution in [0.2, 0.25) is 0 Å². The fourth-order valence-corrected chi connectivity index (χ4v) is 4.70. The molecule has 0 radical (unpaired) electrons. The largest absolute Gasteiger partial charge is 0.364 e. The van der Waals surface area contributed by atoms with Gasteiger partial charge < -0.3 is 10.6 Å². The van der Waals surface area contributed by atoms with Crippen molar-refractivity contribution in [1.29, 1.82) is 0 Å². The van der Waals surface area contributed by atoms with E-state index in [1.165, 1.54) is 36.9 Å². The molecule has 4 atom stereocenters. The Kier molecular flexibility index (Phi) is 4.00. The molecule has 1 aromatic rings. The number of nitrogens with zero attached hydrogens (tertiary/aromatic N) is 1. The van der Waals surface area contributed by atoms with Gasteiger partial charge in [0.2, 0.25) is 0 Å². The number of para-hydroxylation sites is 1. The van der Waals surface area contributed by atoms with E-state index in [0.717, 1.165) is 19.0 Å². The predicted molar refractivity (Wildman–Crippen MR) is 90.6 cm³/mol. The molecule has 2 N–H and O–H groups in total. The molecule has 0 saturated heterocycles. The van der Waals surface area contributed by atoms with Crippen molar-refractivity contribution in [2.24, 2.45) is 23.5 Å². The van der Waals surface area contributed by atoms with Gasteiger partial charge in [-0.3, -0.25) is 0 Å². The summed E-state index contributed by atoms with van der Waals surface area (Å²) in [5.41, 5.74) is 9.49. The van der Waals surface area contributed by atoms with Crippen LogP contribution in [0.1, 0.15) is 45.6 Å². The van der Waals surface area contributed by atoms with E-state index >= 15 is 0 Å². The molecular weight excluding hydrogens is 256 g/mol. The van der Waals surface area contributed by atoms with Crippen molar-refractivity contribution in [1.82, 2.24) is 0 Å². The van der Waals surface area contributed by atoms with Crippen molar-refractivity contribution >= 4 is 5.69 Å². The third-order valence-corrected chi connectivity index (χ3v) is 5.95. The lowest BCUT2D eigenvalue weighted by atomic mass is 9.67. The van der Waals surface area contributed by atoms with E-state index in [9.17, 15) is 0 Å². The van der Waals surface area contributed by atoms with Gasteiger partial charge in [-0.05, 0) is 48.6 Å². The number of hydrogen-bond acceptors (Lipinski definition) is 2. The van der Waals surface area contributed by atoms with Crippen molar-refractivity contribution in [2.45, 2.75) is 52.0 Å². The molecule has 2 heteroatoms. The predicted octanol–water partition coefficient (Wildman–Crippen LogP) is 3.84. The Morgan fingerprint density at radius 2 is 1.90 bits per heavy atom. The highest BCUT2D eigenvalue weighted by molar-refractivity contribution is 5.58. The fraction of sp³-hybridized carbons (Fsp3) is 0.684. The molecule has 2 nitrogen and oxygen atoms in total. The maximum absolute atomic E-state index is 6.38. The molecule has 3 rings (SSSR count). The summed E-state index contributed by atoms with van der Waals surface area (Å²) in [5.74, 6) is 2.18. The average molecular weight is 286 g/mol. The summed E-state index contributed by atoms with van der Waals surface area (Å²) >= 11 is 0. The van der Waals surface area contributed by atoms with Crippen LogP contribution in [0, 0.1) is 17.8 Å². The lowest BCUT2D eigenvalue weighted by Crippen LogP contribution is -2.62. The normalized spacial score (nSPS) is 36.4. The third kappa shape index (κ3) is 2.48. The van der Waals surface area contributed by atoms with Crippen LogP contribution in [0.4, 0.5) is 5.69 Å². The smallest absolute Gasteiger partial charge is 0.0552 e. The van der Waals surface area contributed by atoms with Gasteiger partial charge in [0.15, 0.2) is 0 Å². The summed E-state index contributed by atoms with van der Waals surface area (Å²) in [4.78, 5) is 2.69. The zero-order valence-electron chi connectivity index (χ0n) is 13.8. The molecule has 0 bridgehead atoms. The second-order valence-electron chi connectivity index (χ2n) is 7.64. The van der Waals surface area contributed by atoms with Crippen molar-refractivity contribution in [3.8, 4) is 0 Å². The number of fused-ring (bicyclic) bond motifs is 1. The highest BCUT2D eigenvalue weighted by atomic mass is 15.2. The van der Waals surface area contributed by atoms with E-state index in [0.29, 0.717) is 11.8 Å². The topological polar surface area (TPSA) is 29.3 Å². The molecule has 116 valence electrons. The number of rotatable bonds is 2. The summed E-state index contributed by atoms with van der Waals surface area (Å²) < 4.78 is 0. The van der Waals surface area contributed by atoms with Crippen LogP contribution in [0.25, 0.3) is 0 Å². The molecule has 1 fully saturated rings. The van der Waals surface area contributed by atoms with E-state index < -0.39 is 0 Å². The average Bonchev–Trinajstić information content (AvgIpc) is 2.49. The van der Waals surface area contributed by atoms with Gasteiger partial charge in [-0.25, -0.2) is 0 Å². The highest BCUT2D eigenvalue weighted by Crippen LogP contribution is 2.45. The minimum atomic E-state index is 0.155. The maximum Gasteiger partial charge on any atom is 0.0552 e. The van der Waals surface area contributed by atoms with Crippen molar-refractivity contribution in [3.05, 3.63) is 29.8 Å². The monoisotopic (exact) mass is 286 g/mol. The van der Waals surface area contributed by atoms with Crippen LogP contribution >= 0.6 is 0 Å². The number of hydrogen-bond donors (Lipinski definition) is 1. The van der Waals surface area contributed by atoms with Crippen LogP contribution < -0.4 is 10.6 Å². The number of nitrogens with two attached hydrogens (primary N) is 1. The third-order valence-electron chi connectivity index (χ3n) is 5.95. The Balaban J connectivity index is 2.04. The van der Waals surface area contributed by atoms with Crippen molar-refractivity contribution in [3.63, 3.8) is 0 Å². The quantitative estimate of drug-likeness (QED) is 0.895. The second kappa shape index (κ2) is 5.64. The summed E-state index contributed by atoms with van der Waals surface area (Å²) in [6.45, 7) is 9.13. The summed E-state index contributed by atoms with van der Waals surface area (Å²) in [7, 11) is 0. The molecule has 1 aliphatic heterocycles. The first-order valence-electron chi connectivity index (χ1n) is 8.62. The lowest BCUT2D eigenvalue weighted by Gasteiger charge is -2.55. The number of anilines is 1. The molecule has 0 spiro atoms. The molecular formula is C19H30N2. The van der Waals surface area contributed by atoms with Gasteiger partial charge in [0, 0.05) is 18.8 Å². The summed E-state index contributed by atoms with van der Waals surface area (Å²) in [6.07, 6.45) is 5.11. The van der Waals surface area contributed by atoms with Crippen LogP contribution in [-0.2, 0) is 6.42 Å². The molecule has 0 aromatic heterocycles. The first-order valence-corrected chi connectivity index (χ1v) is 8.62. The van der Waals surface area contributed by atoms with E-state index in [-0.39, 0.29) is 5.54 Å². The Morgan fingerprint density at radius 3 is 2.67 bits per heavy atom. The van der Waals surface area contributed by atoms with Gasteiger partial charge in [0.25, 0.3) is 0 Å². The zero-order chi connectivity index (χ0) is 15.0. The molecule has 1 aromatic carbocycles. The SMILES string of the molecule is CC1Cc2ccccc2N(C2(CN)CC(C)CCC2C)C1. The molecule has 2 aliphatic rings. The molecule has 1 aliphatic carbocycles. The Bertz CT molecular complexity index is 498. The van der Waals surface area contributed by atoms with Gasteiger partial charge in [-0.15, -0.1) is 0 Å². The summed E-state index contributed by atoms with van der Waals surface area (Å²) in [6, 6.07) is 8.98. The van der Waals surface area contributed by atoms with Crippen molar-refractivity contribution in [2.75, 3.05) is 18.0 Å². The standard InChI is InChI=1S/C19H30N2/c1-14-8-9-16(3)19(11-14,13-20)21-12-15(2)10-17-6-4-5-7-18(17)21/h4-7,14-16H,8-13,20H2,1-3H3. The van der Waals surface area contributed by atoms with Gasteiger partial charge in [0.1, 0.15) is 0 Å². The van der Waals surface area contributed by atoms with Gasteiger partial charge in [0.05, 0.1) is 5.54 Å². The van der Waals surface area contributed by atoms with Gasteiger partial charge >= 0.3 is 0 Å². The molecule has 21 heavy (non-hydrogen) atoms. The van der Waals surface area contributed by atoms with E-state index in [2.05, 4.69) is 49.9 Å². The van der Waals surface area contributed by atoms with Crippen LogP contribution in [-0.4, -0.2) is 18.6 Å². The zero-order valence-corrected chi connectivity index (χ0v) is 13.8. The van der Waals surface area contributed by atoms with Crippen LogP contribution in [0.3, 0.4) is 0 Å². The maximum atomic E-state index is 6.38. The molecule has 0 amide bonds. The lowest BCUT2D eigenvalue weighted by molar-refractivity contribution is 0.150. The minimum Gasteiger partial charge on any atom is -0.364 e. The van der Waals surface area contributed by atoms with Gasteiger partial charge in [-0.2, -0.15) is 0 Å². The number of benzene rings is 1. The van der Waals surface area contributed by atoms with Crippen LogP contribution in [0.15, 0.2) is 24.3 Å². The fourth-order valence-electron chi connectivity index (χ4n) is 4.70. The van der Waals surface area contributed by atoms with Crippen molar-refractivity contribution < 1.29 is 0 Å². The minimum absolute atomic E-state index is 0.155. The Morgan fingerprint density at radius 1 is 1.14 bits per heavy atom. The summed E-state index contributed by atoms with van der Waals surface area (Å²) in [5, 5.41) is 0. The first kappa shape index (κ1) is 14.9. The van der Waals surface area contributed by atoms with Crippen LogP contribution in [0.5, 0.6) is 0 Å². The van der Waals surface area contributed by atoms with Gasteiger partial charge in [-0.1, -0.05) is 45.4 Å². The Hall–Kier alpha value is -1.02. The second-order valence-corrected chi connectivity index (χ2v) is 7.64. The van der Waals surface area contributed by atoms with E-state index in [1.807, 2.05) is 0 Å². The first-order chi connectivity index (χ1) is 10.1. The van der Waals surface area contributed by atoms with E-state index in [1.54, 1.807) is 0 Å². The molecule has 1 saturated carbocycles. The highest BCUT2D eigenvalue weighted by Gasteiger charge is 2.46. The molecule has 1 heterocycles. The van der Waals surface area contributed by atoms with E-state index in [4.69, 9.17) is 5.73 Å².